The molecule has 0 radical (unpaired) electrons. The van der Waals surface area contributed by atoms with Gasteiger partial charge >= 0.3 is 5.69 Å². The second-order valence-corrected chi connectivity index (χ2v) is 3.61. The van der Waals surface area contributed by atoms with Crippen molar-refractivity contribution in [1.82, 2.24) is 9.55 Å². The molecule has 0 saturated carbocycles. The van der Waals surface area contributed by atoms with Gasteiger partial charge in [0, 0.05) is 12.7 Å². The zero-order valence-corrected chi connectivity index (χ0v) is 8.23. The lowest BCUT2D eigenvalue weighted by Gasteiger charge is -2.12. The Morgan fingerprint density at radius 1 is 1.60 bits per heavy atom. The van der Waals surface area contributed by atoms with E-state index >= 15 is 0 Å². The van der Waals surface area contributed by atoms with Crippen LogP contribution in [-0.4, -0.2) is 22.3 Å². The highest BCUT2D eigenvalue weighted by atomic mass is 16.5. The Bertz CT molecular complexity index is 456. The van der Waals surface area contributed by atoms with E-state index in [9.17, 15) is 9.59 Å². The first-order valence-corrected chi connectivity index (χ1v) is 4.88. The third kappa shape index (κ3) is 2.10. The fraction of sp³-hybridized carbons (Fsp3) is 0.556. The molecule has 2 heterocycles. The molecule has 1 aliphatic heterocycles. The summed E-state index contributed by atoms with van der Waals surface area (Å²) in [6, 6.07) is 1.20. The highest BCUT2D eigenvalue weighted by Crippen LogP contribution is 2.13. The summed E-state index contributed by atoms with van der Waals surface area (Å²) in [6.07, 6.45) is 1.95. The Hall–Kier alpha value is -1.56. The lowest BCUT2D eigenvalue weighted by Crippen LogP contribution is -2.34. The molecule has 1 atom stereocenters. The van der Waals surface area contributed by atoms with Crippen LogP contribution in [0.5, 0.6) is 0 Å². The molecule has 0 bridgehead atoms. The van der Waals surface area contributed by atoms with Crippen molar-refractivity contribution >= 4 is 5.82 Å². The van der Waals surface area contributed by atoms with Gasteiger partial charge in [-0.3, -0.25) is 14.3 Å². The van der Waals surface area contributed by atoms with E-state index < -0.39 is 11.2 Å². The van der Waals surface area contributed by atoms with Crippen LogP contribution in [0.3, 0.4) is 0 Å². The molecular weight excluding hydrogens is 198 g/mol. The molecule has 1 fully saturated rings. The number of aromatic nitrogens is 2. The van der Waals surface area contributed by atoms with E-state index in [0.717, 1.165) is 19.4 Å². The van der Waals surface area contributed by atoms with Crippen molar-refractivity contribution in [3.63, 3.8) is 0 Å². The molecule has 2 rings (SSSR count). The Kier molecular flexibility index (Phi) is 2.59. The summed E-state index contributed by atoms with van der Waals surface area (Å²) in [4.78, 5) is 24.5. The molecule has 1 aromatic rings. The van der Waals surface area contributed by atoms with E-state index in [1.807, 2.05) is 0 Å². The minimum atomic E-state index is -0.476. The van der Waals surface area contributed by atoms with Gasteiger partial charge in [0.2, 0.25) is 0 Å². The predicted molar refractivity (Wildman–Crippen MR) is 54.7 cm³/mol. The van der Waals surface area contributed by atoms with Gasteiger partial charge in [0.15, 0.2) is 0 Å². The first-order chi connectivity index (χ1) is 7.16. The molecule has 0 aliphatic carbocycles. The maximum Gasteiger partial charge on any atom is 0.329 e. The van der Waals surface area contributed by atoms with Crippen molar-refractivity contribution in [3.8, 4) is 0 Å². The molecule has 6 nitrogen and oxygen atoms in total. The number of nitrogen functional groups attached to an aromatic ring is 1. The number of nitrogens with zero attached hydrogens (tertiary/aromatic N) is 1. The summed E-state index contributed by atoms with van der Waals surface area (Å²) in [6.45, 7) is 1.13. The molecule has 82 valence electrons. The zero-order valence-electron chi connectivity index (χ0n) is 8.23. The van der Waals surface area contributed by atoms with Crippen LogP contribution in [0.2, 0.25) is 0 Å². The van der Waals surface area contributed by atoms with Crippen LogP contribution in [0.1, 0.15) is 12.8 Å². The third-order valence-electron chi connectivity index (χ3n) is 2.48. The first-order valence-electron chi connectivity index (χ1n) is 4.88. The smallest absolute Gasteiger partial charge is 0.329 e. The summed E-state index contributed by atoms with van der Waals surface area (Å²) in [7, 11) is 0. The molecule has 15 heavy (non-hydrogen) atoms. The van der Waals surface area contributed by atoms with Crippen molar-refractivity contribution in [3.05, 3.63) is 26.9 Å². The van der Waals surface area contributed by atoms with E-state index in [1.165, 1.54) is 10.6 Å². The van der Waals surface area contributed by atoms with Gasteiger partial charge in [0.1, 0.15) is 5.82 Å². The average molecular weight is 211 g/mol. The van der Waals surface area contributed by atoms with E-state index in [0.29, 0.717) is 6.54 Å². The Morgan fingerprint density at radius 2 is 2.40 bits per heavy atom. The van der Waals surface area contributed by atoms with Crippen LogP contribution in [0.15, 0.2) is 15.7 Å². The van der Waals surface area contributed by atoms with Gasteiger partial charge in [-0.25, -0.2) is 4.79 Å². The summed E-state index contributed by atoms with van der Waals surface area (Å²) >= 11 is 0. The Balaban J connectivity index is 2.27. The Labute approximate surface area is 85.7 Å². The summed E-state index contributed by atoms with van der Waals surface area (Å²) in [5.74, 6) is 0.180. The molecule has 3 N–H and O–H groups in total. The predicted octanol–water partition coefficient (Wildman–Crippen LogP) is -0.702. The van der Waals surface area contributed by atoms with E-state index in [4.69, 9.17) is 10.5 Å². The van der Waals surface area contributed by atoms with Crippen LogP contribution >= 0.6 is 0 Å². The maximum absolute atomic E-state index is 11.4. The van der Waals surface area contributed by atoms with Gasteiger partial charge in [0.05, 0.1) is 12.6 Å². The first kappa shape index (κ1) is 9.97. The topological polar surface area (TPSA) is 90.1 Å². The molecule has 6 heteroatoms. The number of nitrogens with two attached hydrogens (primary N) is 1. The number of ether oxygens (including phenoxy) is 1. The van der Waals surface area contributed by atoms with Gasteiger partial charge in [-0.15, -0.1) is 0 Å². The highest BCUT2D eigenvalue weighted by Gasteiger charge is 2.17. The minimum Gasteiger partial charge on any atom is -0.385 e. The quantitative estimate of drug-likeness (QED) is 0.676. The van der Waals surface area contributed by atoms with Crippen LogP contribution in [-0.2, 0) is 11.3 Å². The standard InChI is InChI=1S/C9H13N3O3/c10-7-4-8(13)11-9(14)12(7)5-6-2-1-3-15-6/h4,6H,1-3,5,10H2,(H,11,13,14)/t6-/m0/s1. The number of rotatable bonds is 2. The number of hydrogen-bond acceptors (Lipinski definition) is 4. The normalized spacial score (nSPS) is 20.7. The van der Waals surface area contributed by atoms with Crippen molar-refractivity contribution in [2.24, 2.45) is 0 Å². The number of H-pyrrole nitrogens is 1. The number of hydrogen-bond donors (Lipinski definition) is 2. The highest BCUT2D eigenvalue weighted by molar-refractivity contribution is 5.26. The largest absolute Gasteiger partial charge is 0.385 e. The SMILES string of the molecule is Nc1cc(=O)[nH]c(=O)n1C[C@@H]1CCCO1. The van der Waals surface area contributed by atoms with Crippen molar-refractivity contribution in [2.45, 2.75) is 25.5 Å². The van der Waals surface area contributed by atoms with E-state index in [1.54, 1.807) is 0 Å². The van der Waals surface area contributed by atoms with Gasteiger partial charge in [-0.2, -0.15) is 0 Å². The number of aromatic amines is 1. The third-order valence-corrected chi connectivity index (χ3v) is 2.48. The molecule has 1 aromatic heterocycles. The van der Waals surface area contributed by atoms with Crippen LogP contribution < -0.4 is 17.0 Å². The van der Waals surface area contributed by atoms with Gasteiger partial charge in [-0.05, 0) is 12.8 Å². The molecule has 0 amide bonds. The van der Waals surface area contributed by atoms with Gasteiger partial charge < -0.3 is 10.5 Å². The van der Waals surface area contributed by atoms with Crippen LogP contribution in [0, 0.1) is 0 Å². The maximum atomic E-state index is 11.4. The summed E-state index contributed by atoms with van der Waals surface area (Å²) in [5, 5.41) is 0. The average Bonchev–Trinajstić information content (AvgIpc) is 2.63. The fourth-order valence-corrected chi connectivity index (χ4v) is 1.72. The number of nitrogens with one attached hydrogen (secondary N) is 1. The monoisotopic (exact) mass is 211 g/mol. The van der Waals surface area contributed by atoms with Gasteiger partial charge in [-0.1, -0.05) is 0 Å². The van der Waals surface area contributed by atoms with Crippen molar-refractivity contribution in [1.29, 1.82) is 0 Å². The molecule has 0 spiro atoms. The van der Waals surface area contributed by atoms with Gasteiger partial charge in [0.25, 0.3) is 5.56 Å². The summed E-state index contributed by atoms with van der Waals surface area (Å²) in [5.41, 5.74) is 4.64. The lowest BCUT2D eigenvalue weighted by molar-refractivity contribution is 0.0963. The molecule has 1 saturated heterocycles. The summed E-state index contributed by atoms with van der Waals surface area (Å²) < 4.78 is 6.72. The van der Waals surface area contributed by atoms with Crippen LogP contribution in [0.4, 0.5) is 5.82 Å². The van der Waals surface area contributed by atoms with E-state index in [2.05, 4.69) is 4.98 Å². The van der Waals surface area contributed by atoms with Crippen LogP contribution in [0.25, 0.3) is 0 Å². The Morgan fingerprint density at radius 3 is 3.00 bits per heavy atom. The molecule has 0 aromatic carbocycles. The molecular formula is C9H13N3O3. The van der Waals surface area contributed by atoms with Crippen molar-refractivity contribution in [2.75, 3.05) is 12.3 Å². The minimum absolute atomic E-state index is 0.0240. The zero-order chi connectivity index (χ0) is 10.8. The molecule has 1 aliphatic rings. The lowest BCUT2D eigenvalue weighted by atomic mass is 10.2. The fourth-order valence-electron chi connectivity index (χ4n) is 1.72. The van der Waals surface area contributed by atoms with E-state index in [-0.39, 0.29) is 11.9 Å². The second-order valence-electron chi connectivity index (χ2n) is 3.61. The number of anilines is 1. The molecule has 0 unspecified atom stereocenters. The second kappa shape index (κ2) is 3.90. The van der Waals surface area contributed by atoms with Crippen molar-refractivity contribution < 1.29 is 4.74 Å².